The summed E-state index contributed by atoms with van der Waals surface area (Å²) < 4.78 is 14.1. The molecule has 1 N–H and O–H groups in total. The molecule has 0 spiro atoms. The van der Waals surface area contributed by atoms with Gasteiger partial charge in [0.2, 0.25) is 5.82 Å². The van der Waals surface area contributed by atoms with Gasteiger partial charge in [0.25, 0.3) is 0 Å². The van der Waals surface area contributed by atoms with Gasteiger partial charge in [-0.15, -0.1) is 0 Å². The molecule has 21 heavy (non-hydrogen) atoms. The van der Waals surface area contributed by atoms with Gasteiger partial charge in [0.1, 0.15) is 0 Å². The Balaban J connectivity index is 3.01. The Kier molecular flexibility index (Phi) is 5.37. The molecule has 0 bridgehead atoms. The fourth-order valence-electron chi connectivity index (χ4n) is 1.92. The van der Waals surface area contributed by atoms with Crippen LogP contribution in [0.2, 0.25) is 0 Å². The van der Waals surface area contributed by atoms with Crippen molar-refractivity contribution in [3.05, 3.63) is 39.7 Å². The van der Waals surface area contributed by atoms with Crippen molar-refractivity contribution in [3.8, 4) is 0 Å². The zero-order valence-corrected chi connectivity index (χ0v) is 12.3. The van der Waals surface area contributed by atoms with E-state index in [2.05, 4.69) is 0 Å². The second-order valence-electron chi connectivity index (χ2n) is 5.74. The van der Waals surface area contributed by atoms with E-state index in [1.54, 1.807) is 4.90 Å². The molecule has 116 valence electrons. The van der Waals surface area contributed by atoms with Gasteiger partial charge in [-0.3, -0.25) is 19.8 Å². The minimum atomic E-state index is -0.941. The number of rotatable bonds is 6. The number of hydrogen-bond donors (Lipinski definition) is 1. The first-order chi connectivity index (χ1) is 9.62. The van der Waals surface area contributed by atoms with Gasteiger partial charge in [-0.2, -0.15) is 4.39 Å². The third-order valence-electron chi connectivity index (χ3n) is 3.16. The molecule has 6 nitrogen and oxygen atoms in total. The molecule has 0 radical (unpaired) electrons. The maximum atomic E-state index is 14.1. The minimum Gasteiger partial charge on any atom is -0.481 e. The summed E-state index contributed by atoms with van der Waals surface area (Å²) in [6.45, 7) is 5.99. The number of carboxylic acid groups (broad SMARTS) is 1. The van der Waals surface area contributed by atoms with E-state index in [1.165, 1.54) is 12.1 Å². The summed E-state index contributed by atoms with van der Waals surface area (Å²) in [6, 6.07) is 4.01. The van der Waals surface area contributed by atoms with Crippen molar-refractivity contribution in [3.63, 3.8) is 0 Å². The number of aliphatic carboxylic acids is 1. The van der Waals surface area contributed by atoms with Crippen molar-refractivity contribution < 1.29 is 19.2 Å². The van der Waals surface area contributed by atoms with Crippen LogP contribution in [0.4, 0.5) is 10.1 Å². The van der Waals surface area contributed by atoms with Gasteiger partial charge in [-0.1, -0.05) is 12.1 Å². The predicted octanol–water partition coefficient (Wildman–Crippen LogP) is 2.81. The molecule has 7 heteroatoms. The summed E-state index contributed by atoms with van der Waals surface area (Å²) in [6.07, 6.45) is -0.0756. The van der Waals surface area contributed by atoms with Crippen molar-refractivity contribution in [1.29, 1.82) is 0 Å². The Morgan fingerprint density at radius 1 is 1.43 bits per heavy atom. The predicted molar refractivity (Wildman–Crippen MR) is 75.5 cm³/mol. The minimum absolute atomic E-state index is 0.0756. The van der Waals surface area contributed by atoms with Crippen LogP contribution in [0.3, 0.4) is 0 Å². The van der Waals surface area contributed by atoms with E-state index in [1.807, 2.05) is 20.8 Å². The summed E-state index contributed by atoms with van der Waals surface area (Å²) in [5.41, 5.74) is -0.768. The Morgan fingerprint density at radius 2 is 2.05 bits per heavy atom. The molecule has 0 unspecified atom stereocenters. The molecule has 1 aromatic rings. The molecule has 0 aromatic heterocycles. The molecule has 0 aliphatic heterocycles. The molecule has 0 heterocycles. The van der Waals surface area contributed by atoms with Crippen LogP contribution in [-0.4, -0.2) is 33.0 Å². The largest absolute Gasteiger partial charge is 0.481 e. The average Bonchev–Trinajstić information content (AvgIpc) is 2.34. The number of benzene rings is 1. The number of hydrogen-bond acceptors (Lipinski definition) is 4. The number of carboxylic acids is 1. The van der Waals surface area contributed by atoms with Crippen molar-refractivity contribution in [2.45, 2.75) is 39.3 Å². The Hall–Kier alpha value is -2.02. The van der Waals surface area contributed by atoms with Crippen LogP contribution >= 0.6 is 0 Å². The monoisotopic (exact) mass is 298 g/mol. The summed E-state index contributed by atoms with van der Waals surface area (Å²) in [4.78, 5) is 22.5. The van der Waals surface area contributed by atoms with E-state index in [4.69, 9.17) is 5.11 Å². The SMILES string of the molecule is CC(C)(C)N(CCC(=O)O)Cc1cccc([N+](=O)[O-])c1F. The molecule has 0 fully saturated rings. The molecule has 0 amide bonds. The van der Waals surface area contributed by atoms with E-state index in [0.29, 0.717) is 0 Å². The van der Waals surface area contributed by atoms with Crippen LogP contribution in [0.25, 0.3) is 0 Å². The maximum absolute atomic E-state index is 14.1. The van der Waals surface area contributed by atoms with E-state index in [0.717, 1.165) is 6.07 Å². The second kappa shape index (κ2) is 6.62. The zero-order valence-electron chi connectivity index (χ0n) is 12.3. The smallest absolute Gasteiger partial charge is 0.305 e. The molecule has 0 saturated carbocycles. The first-order valence-electron chi connectivity index (χ1n) is 6.51. The van der Waals surface area contributed by atoms with E-state index in [9.17, 15) is 19.3 Å². The number of nitro groups is 1. The normalized spacial score (nSPS) is 11.7. The first-order valence-corrected chi connectivity index (χ1v) is 6.51. The van der Waals surface area contributed by atoms with Gasteiger partial charge < -0.3 is 5.11 Å². The van der Waals surface area contributed by atoms with Crippen LogP contribution in [0.1, 0.15) is 32.8 Å². The lowest BCUT2D eigenvalue weighted by Gasteiger charge is -2.35. The summed E-state index contributed by atoms with van der Waals surface area (Å²) >= 11 is 0. The highest BCUT2D eigenvalue weighted by Gasteiger charge is 2.25. The number of carbonyl (C=O) groups is 1. The van der Waals surface area contributed by atoms with Crippen LogP contribution in [0.15, 0.2) is 18.2 Å². The van der Waals surface area contributed by atoms with E-state index >= 15 is 0 Å². The third-order valence-corrected chi connectivity index (χ3v) is 3.16. The average molecular weight is 298 g/mol. The Labute approximate surface area is 122 Å². The molecular weight excluding hydrogens is 279 g/mol. The molecule has 0 aliphatic carbocycles. The lowest BCUT2D eigenvalue weighted by Crippen LogP contribution is -2.42. The topological polar surface area (TPSA) is 83.7 Å². The molecule has 0 aliphatic rings. The number of halogens is 1. The third kappa shape index (κ3) is 4.78. The van der Waals surface area contributed by atoms with Crippen LogP contribution in [-0.2, 0) is 11.3 Å². The molecule has 1 rings (SSSR count). The molecular formula is C14H19FN2O4. The van der Waals surface area contributed by atoms with Crippen molar-refractivity contribution >= 4 is 11.7 Å². The Bertz CT molecular complexity index is 540. The lowest BCUT2D eigenvalue weighted by molar-refractivity contribution is -0.387. The first kappa shape index (κ1) is 17.0. The van der Waals surface area contributed by atoms with Gasteiger partial charge in [0, 0.05) is 30.3 Å². The molecule has 1 aromatic carbocycles. The fraction of sp³-hybridized carbons (Fsp3) is 0.500. The quantitative estimate of drug-likeness (QED) is 0.645. The number of nitro benzene ring substituents is 1. The highest BCUT2D eigenvalue weighted by Crippen LogP contribution is 2.24. The van der Waals surface area contributed by atoms with Gasteiger partial charge in [-0.25, -0.2) is 0 Å². The van der Waals surface area contributed by atoms with Gasteiger partial charge in [-0.05, 0) is 20.8 Å². The molecule has 0 atom stereocenters. The Morgan fingerprint density at radius 3 is 2.52 bits per heavy atom. The standard InChI is InChI=1S/C14H19FN2O4/c1-14(2,3)16(8-7-12(18)19)9-10-5-4-6-11(13(10)15)17(20)21/h4-6H,7-9H2,1-3H3,(H,18,19). The van der Waals surface area contributed by atoms with Crippen molar-refractivity contribution in [1.82, 2.24) is 4.90 Å². The van der Waals surface area contributed by atoms with Gasteiger partial charge >= 0.3 is 11.7 Å². The highest BCUT2D eigenvalue weighted by atomic mass is 19.1. The van der Waals surface area contributed by atoms with Crippen LogP contribution < -0.4 is 0 Å². The van der Waals surface area contributed by atoms with Crippen molar-refractivity contribution in [2.75, 3.05) is 6.54 Å². The van der Waals surface area contributed by atoms with Gasteiger partial charge in [0.05, 0.1) is 11.3 Å². The fourth-order valence-corrected chi connectivity index (χ4v) is 1.92. The van der Waals surface area contributed by atoms with Gasteiger partial charge in [0.15, 0.2) is 0 Å². The number of nitrogens with zero attached hydrogens (tertiary/aromatic N) is 2. The van der Waals surface area contributed by atoms with Crippen LogP contribution in [0.5, 0.6) is 0 Å². The summed E-state index contributed by atoms with van der Waals surface area (Å²) in [7, 11) is 0. The summed E-state index contributed by atoms with van der Waals surface area (Å²) in [5, 5.41) is 19.5. The van der Waals surface area contributed by atoms with Crippen molar-refractivity contribution in [2.24, 2.45) is 0 Å². The molecule has 0 saturated heterocycles. The lowest BCUT2D eigenvalue weighted by atomic mass is 10.0. The maximum Gasteiger partial charge on any atom is 0.305 e. The van der Waals surface area contributed by atoms with E-state index in [-0.39, 0.29) is 30.6 Å². The zero-order chi connectivity index (χ0) is 16.2. The van der Waals surface area contributed by atoms with E-state index < -0.39 is 22.4 Å². The highest BCUT2D eigenvalue weighted by molar-refractivity contribution is 5.66. The van der Waals surface area contributed by atoms with Crippen LogP contribution in [0, 0.1) is 15.9 Å². The summed E-state index contributed by atoms with van der Waals surface area (Å²) in [5.74, 6) is -1.81. The second-order valence-corrected chi connectivity index (χ2v) is 5.74.